The summed E-state index contributed by atoms with van der Waals surface area (Å²) in [4.78, 5) is 12.6. The van der Waals surface area contributed by atoms with Gasteiger partial charge >= 0.3 is 0 Å². The number of ether oxygens (including phenoxy) is 3. The smallest absolute Gasteiger partial charge is 0.222 e. The molecule has 154 valence electrons. The molecule has 5 heteroatoms. The zero-order chi connectivity index (χ0) is 19.9. The largest absolute Gasteiger partial charge is 0.497 e. The van der Waals surface area contributed by atoms with Crippen molar-refractivity contribution in [2.75, 3.05) is 27.4 Å². The molecule has 0 radical (unpaired) electrons. The first-order valence-electron chi connectivity index (χ1n) is 10.5. The Morgan fingerprint density at radius 1 is 1.32 bits per heavy atom. The molecule has 28 heavy (non-hydrogen) atoms. The minimum atomic E-state index is 0.0725. The maximum absolute atomic E-state index is 12.6. The van der Waals surface area contributed by atoms with Crippen molar-refractivity contribution in [3.8, 4) is 5.75 Å². The molecule has 1 amide bonds. The number of methoxy groups -OCH3 is 2. The molecule has 1 aromatic rings. The molecule has 1 N–H and O–H groups in total. The minimum absolute atomic E-state index is 0.0725. The average Bonchev–Trinajstić information content (AvgIpc) is 3.19. The van der Waals surface area contributed by atoms with Crippen LogP contribution in [-0.4, -0.2) is 39.4 Å². The van der Waals surface area contributed by atoms with Crippen LogP contribution in [0.3, 0.4) is 0 Å². The second-order valence-corrected chi connectivity index (χ2v) is 9.36. The number of hydrogen-bond donors (Lipinski definition) is 1. The second-order valence-electron chi connectivity index (χ2n) is 9.36. The van der Waals surface area contributed by atoms with Gasteiger partial charge in [0.25, 0.3) is 0 Å². The summed E-state index contributed by atoms with van der Waals surface area (Å²) in [6.45, 7) is 5.87. The first-order valence-corrected chi connectivity index (χ1v) is 10.5. The Labute approximate surface area is 168 Å². The highest BCUT2D eigenvalue weighted by molar-refractivity contribution is 5.76. The normalized spacial score (nSPS) is 35.4. The number of hydrogen-bond acceptors (Lipinski definition) is 4. The van der Waals surface area contributed by atoms with Gasteiger partial charge in [0.15, 0.2) is 0 Å². The number of benzene rings is 1. The zero-order valence-corrected chi connectivity index (χ0v) is 17.5. The van der Waals surface area contributed by atoms with Gasteiger partial charge in [-0.05, 0) is 59.6 Å². The van der Waals surface area contributed by atoms with Gasteiger partial charge in [-0.3, -0.25) is 4.79 Å². The summed E-state index contributed by atoms with van der Waals surface area (Å²) < 4.78 is 16.9. The molecule has 1 aromatic carbocycles. The maximum atomic E-state index is 12.6. The van der Waals surface area contributed by atoms with E-state index in [0.717, 1.165) is 18.8 Å². The topological polar surface area (TPSA) is 56.8 Å². The van der Waals surface area contributed by atoms with E-state index >= 15 is 0 Å². The molecule has 4 rings (SSSR count). The summed E-state index contributed by atoms with van der Waals surface area (Å²) in [7, 11) is 3.34. The number of carbonyl (C=O) groups is 1. The summed E-state index contributed by atoms with van der Waals surface area (Å²) in [5.41, 5.74) is 1.41. The monoisotopic (exact) mass is 387 g/mol. The standard InChI is InChI=1S/C23H33NO4/c1-22(2)16-13-18-20(15-6-5-7-17(12-15)27-4)28-11-9-23(18,14-16)21(22)24-19(25)8-10-26-3/h5-7,12,16,18,20-21H,8-11,13-14H2,1-4H3,(H,24,25)/t16-,18-,20-,21-,23?/m1/s1. The van der Waals surface area contributed by atoms with Crippen LogP contribution >= 0.6 is 0 Å². The Balaban J connectivity index is 1.63. The van der Waals surface area contributed by atoms with Crippen LogP contribution in [0, 0.1) is 22.7 Å². The molecule has 3 aliphatic rings. The van der Waals surface area contributed by atoms with E-state index in [-0.39, 0.29) is 28.9 Å². The third kappa shape index (κ3) is 3.03. The first kappa shape index (κ1) is 19.7. The first-order chi connectivity index (χ1) is 13.4. The Hall–Kier alpha value is -1.59. The van der Waals surface area contributed by atoms with Gasteiger partial charge in [-0.2, -0.15) is 0 Å². The predicted molar refractivity (Wildman–Crippen MR) is 107 cm³/mol. The van der Waals surface area contributed by atoms with Crippen molar-refractivity contribution in [1.82, 2.24) is 5.32 Å². The number of amides is 1. The van der Waals surface area contributed by atoms with Crippen LogP contribution in [-0.2, 0) is 14.3 Å². The molecule has 5 nitrogen and oxygen atoms in total. The lowest BCUT2D eigenvalue weighted by Gasteiger charge is -2.53. The van der Waals surface area contributed by atoms with Crippen LogP contribution in [0.4, 0.5) is 0 Å². The lowest BCUT2D eigenvalue weighted by molar-refractivity contribution is -0.137. The second kappa shape index (κ2) is 7.34. The van der Waals surface area contributed by atoms with Crippen molar-refractivity contribution in [2.24, 2.45) is 22.7 Å². The maximum Gasteiger partial charge on any atom is 0.222 e. The van der Waals surface area contributed by atoms with E-state index < -0.39 is 0 Å². The Morgan fingerprint density at radius 2 is 2.14 bits per heavy atom. The summed E-state index contributed by atoms with van der Waals surface area (Å²) in [6.07, 6.45) is 3.86. The quantitative estimate of drug-likeness (QED) is 0.808. The van der Waals surface area contributed by atoms with Crippen LogP contribution < -0.4 is 10.1 Å². The van der Waals surface area contributed by atoms with Crippen molar-refractivity contribution >= 4 is 5.91 Å². The Bertz CT molecular complexity index is 733. The van der Waals surface area contributed by atoms with Gasteiger partial charge in [-0.25, -0.2) is 0 Å². The van der Waals surface area contributed by atoms with E-state index in [1.807, 2.05) is 12.1 Å². The number of carbonyl (C=O) groups excluding carboxylic acids is 1. The van der Waals surface area contributed by atoms with Crippen LogP contribution in [0.5, 0.6) is 5.75 Å². The Morgan fingerprint density at radius 3 is 2.89 bits per heavy atom. The summed E-state index contributed by atoms with van der Waals surface area (Å²) in [5.74, 6) is 2.01. The van der Waals surface area contributed by atoms with Crippen LogP contribution in [0.25, 0.3) is 0 Å². The summed E-state index contributed by atoms with van der Waals surface area (Å²) in [5, 5.41) is 3.42. The molecule has 2 saturated carbocycles. The van der Waals surface area contributed by atoms with Gasteiger partial charge in [-0.15, -0.1) is 0 Å². The highest BCUT2D eigenvalue weighted by Crippen LogP contribution is 2.70. The third-order valence-corrected chi connectivity index (χ3v) is 7.77. The van der Waals surface area contributed by atoms with E-state index in [4.69, 9.17) is 14.2 Å². The fourth-order valence-electron chi connectivity index (χ4n) is 6.36. The molecule has 5 atom stereocenters. The molecular formula is C23H33NO4. The van der Waals surface area contributed by atoms with Gasteiger partial charge in [0.2, 0.25) is 5.91 Å². The van der Waals surface area contributed by atoms with Gasteiger partial charge in [-0.1, -0.05) is 26.0 Å². The van der Waals surface area contributed by atoms with Gasteiger partial charge < -0.3 is 19.5 Å². The SMILES string of the molecule is COCCC(=O)N[C@@H]1C(C)(C)[C@@H]2C[C@@H]3[C@@H](c4cccc(OC)c4)OCCC31C2. The summed E-state index contributed by atoms with van der Waals surface area (Å²) in [6, 6.07) is 8.46. The third-order valence-electron chi connectivity index (χ3n) is 7.77. The lowest BCUT2D eigenvalue weighted by atomic mass is 9.59. The van der Waals surface area contributed by atoms with E-state index in [9.17, 15) is 4.79 Å². The van der Waals surface area contributed by atoms with Crippen LogP contribution in [0.1, 0.15) is 51.2 Å². The predicted octanol–water partition coefficient (Wildman–Crippen LogP) is 3.73. The highest BCUT2D eigenvalue weighted by Gasteiger charge is 2.68. The van der Waals surface area contributed by atoms with E-state index in [1.54, 1.807) is 14.2 Å². The van der Waals surface area contributed by atoms with E-state index in [0.29, 0.717) is 24.9 Å². The molecule has 1 unspecified atom stereocenters. The molecule has 1 spiro atoms. The molecule has 1 aliphatic heterocycles. The molecule has 1 saturated heterocycles. The number of rotatable bonds is 6. The average molecular weight is 388 g/mol. The highest BCUT2D eigenvalue weighted by atomic mass is 16.5. The van der Waals surface area contributed by atoms with E-state index in [1.165, 1.54) is 18.4 Å². The van der Waals surface area contributed by atoms with Crippen LogP contribution in [0.15, 0.2) is 24.3 Å². The molecule has 2 bridgehead atoms. The molecule has 1 heterocycles. The van der Waals surface area contributed by atoms with Crippen molar-refractivity contribution in [3.05, 3.63) is 29.8 Å². The minimum Gasteiger partial charge on any atom is -0.497 e. The van der Waals surface area contributed by atoms with E-state index in [2.05, 4.69) is 31.3 Å². The van der Waals surface area contributed by atoms with Crippen molar-refractivity contribution in [3.63, 3.8) is 0 Å². The lowest BCUT2D eigenvalue weighted by Crippen LogP contribution is -2.59. The molecular weight excluding hydrogens is 354 g/mol. The molecule has 3 fully saturated rings. The Kier molecular flexibility index (Phi) is 5.17. The van der Waals surface area contributed by atoms with Gasteiger partial charge in [0.05, 0.1) is 19.8 Å². The summed E-state index contributed by atoms with van der Waals surface area (Å²) >= 11 is 0. The van der Waals surface area contributed by atoms with Gasteiger partial charge in [0.1, 0.15) is 5.75 Å². The number of nitrogens with one attached hydrogen (secondary N) is 1. The zero-order valence-electron chi connectivity index (χ0n) is 17.5. The van der Waals surface area contributed by atoms with Crippen molar-refractivity contribution in [1.29, 1.82) is 0 Å². The van der Waals surface area contributed by atoms with Crippen molar-refractivity contribution in [2.45, 2.75) is 51.7 Å². The fraction of sp³-hybridized carbons (Fsp3) is 0.696. The van der Waals surface area contributed by atoms with Crippen LogP contribution in [0.2, 0.25) is 0 Å². The molecule has 2 aliphatic carbocycles. The fourth-order valence-corrected chi connectivity index (χ4v) is 6.36. The van der Waals surface area contributed by atoms with Crippen molar-refractivity contribution < 1.29 is 19.0 Å². The van der Waals surface area contributed by atoms with Gasteiger partial charge in [0, 0.05) is 26.2 Å². The molecule has 0 aromatic heterocycles. The number of fused-ring (bicyclic) bond motifs is 1.